The van der Waals surface area contributed by atoms with Crippen LogP contribution in [0.25, 0.3) is 10.9 Å². The zero-order valence-corrected chi connectivity index (χ0v) is 18.9. The fourth-order valence-corrected chi connectivity index (χ4v) is 5.23. The van der Waals surface area contributed by atoms with Gasteiger partial charge in [-0.1, -0.05) is 48.0 Å². The number of benzene rings is 2. The van der Waals surface area contributed by atoms with Gasteiger partial charge in [0, 0.05) is 40.0 Å². The van der Waals surface area contributed by atoms with E-state index in [0.717, 1.165) is 33.7 Å². The van der Waals surface area contributed by atoms with Crippen molar-refractivity contribution in [3.05, 3.63) is 59.2 Å². The van der Waals surface area contributed by atoms with Crippen LogP contribution in [-0.2, 0) is 0 Å². The number of rotatable bonds is 7. The van der Waals surface area contributed by atoms with E-state index >= 15 is 0 Å². The number of nitrogens with one attached hydrogen (secondary N) is 2. The number of aromatic amines is 1. The number of nitrogens with zero attached hydrogens (tertiary/aromatic N) is 1. The number of H-pyrrole nitrogens is 1. The molecule has 0 spiro atoms. The van der Waals surface area contributed by atoms with Gasteiger partial charge >= 0.3 is 0 Å². The van der Waals surface area contributed by atoms with Gasteiger partial charge in [0.25, 0.3) is 5.91 Å². The molecule has 2 N–H and O–H groups in total. The molecule has 4 nitrogen and oxygen atoms in total. The zero-order valence-electron chi connectivity index (χ0n) is 17.3. The van der Waals surface area contributed by atoms with Gasteiger partial charge < -0.3 is 15.2 Å². The highest BCUT2D eigenvalue weighted by Gasteiger charge is 2.20. The summed E-state index contributed by atoms with van der Waals surface area (Å²) in [6.07, 6.45) is 4.88. The first-order chi connectivity index (χ1) is 14.6. The lowest BCUT2D eigenvalue weighted by molar-refractivity contribution is 0.0942. The number of halogens is 1. The predicted octanol–water partition coefficient (Wildman–Crippen LogP) is 5.97. The third kappa shape index (κ3) is 5.02. The van der Waals surface area contributed by atoms with Crippen molar-refractivity contribution in [3.8, 4) is 0 Å². The van der Waals surface area contributed by atoms with E-state index in [9.17, 15) is 4.79 Å². The fourth-order valence-electron chi connectivity index (χ4n) is 4.06. The van der Waals surface area contributed by atoms with Gasteiger partial charge in [-0.3, -0.25) is 4.79 Å². The number of carbonyl (C=O) groups is 1. The minimum Gasteiger partial charge on any atom is -0.351 e. The molecule has 1 atom stereocenters. The normalized spacial score (nSPS) is 17.3. The molecule has 1 saturated heterocycles. The molecule has 1 aliphatic heterocycles. The van der Waals surface area contributed by atoms with Gasteiger partial charge in [-0.2, -0.15) is 0 Å². The van der Waals surface area contributed by atoms with E-state index in [0.29, 0.717) is 23.3 Å². The second-order valence-corrected chi connectivity index (χ2v) is 9.44. The Morgan fingerprint density at radius 1 is 1.20 bits per heavy atom. The molecule has 1 fully saturated rings. The van der Waals surface area contributed by atoms with E-state index in [1.165, 1.54) is 25.8 Å². The highest BCUT2D eigenvalue weighted by Crippen LogP contribution is 2.37. The molecule has 30 heavy (non-hydrogen) atoms. The summed E-state index contributed by atoms with van der Waals surface area (Å²) in [6.45, 7) is 5.21. The number of para-hydroxylation sites is 1. The number of carbonyl (C=O) groups excluding carboxylic acids is 1. The van der Waals surface area contributed by atoms with Crippen molar-refractivity contribution >= 4 is 40.2 Å². The van der Waals surface area contributed by atoms with Gasteiger partial charge in [0.15, 0.2) is 0 Å². The van der Waals surface area contributed by atoms with Crippen LogP contribution in [-0.4, -0.2) is 41.5 Å². The Balaban J connectivity index is 1.44. The number of likely N-dealkylation sites (tertiary alicyclic amines) is 1. The molecule has 0 aliphatic carbocycles. The molecular weight excluding hydrogens is 414 g/mol. The van der Waals surface area contributed by atoms with E-state index in [-0.39, 0.29) is 5.91 Å². The van der Waals surface area contributed by atoms with Gasteiger partial charge in [0.2, 0.25) is 0 Å². The number of fused-ring (bicyclic) bond motifs is 1. The summed E-state index contributed by atoms with van der Waals surface area (Å²) in [4.78, 5) is 20.9. The quantitative estimate of drug-likeness (QED) is 0.444. The first-order valence-electron chi connectivity index (χ1n) is 10.7. The standard InChI is InChI=1S/C24H28ClN3OS/c1-17-7-4-5-15-28(17)16-6-14-26-24(29)22-23(20-8-2-3-9-21(20)27-22)30-19-12-10-18(25)11-13-19/h2-3,8-13,17,27H,4-7,14-16H2,1H3,(H,26,29)/t17-/m1/s1. The van der Waals surface area contributed by atoms with Crippen LogP contribution < -0.4 is 5.32 Å². The summed E-state index contributed by atoms with van der Waals surface area (Å²) >= 11 is 7.61. The Bertz CT molecular complexity index is 1000. The van der Waals surface area contributed by atoms with Crippen LogP contribution in [0.3, 0.4) is 0 Å². The Morgan fingerprint density at radius 3 is 2.80 bits per heavy atom. The first-order valence-corrected chi connectivity index (χ1v) is 11.9. The number of hydrogen-bond donors (Lipinski definition) is 2. The van der Waals surface area contributed by atoms with Crippen molar-refractivity contribution in [3.63, 3.8) is 0 Å². The van der Waals surface area contributed by atoms with Crippen LogP contribution in [0.2, 0.25) is 5.02 Å². The van der Waals surface area contributed by atoms with Crippen LogP contribution in [0, 0.1) is 0 Å². The van der Waals surface area contributed by atoms with Crippen LogP contribution in [0.4, 0.5) is 0 Å². The predicted molar refractivity (Wildman–Crippen MR) is 126 cm³/mol. The minimum absolute atomic E-state index is 0.0469. The summed E-state index contributed by atoms with van der Waals surface area (Å²) in [5, 5.41) is 4.89. The minimum atomic E-state index is -0.0469. The Morgan fingerprint density at radius 2 is 2.00 bits per heavy atom. The van der Waals surface area contributed by atoms with Gasteiger partial charge in [-0.15, -0.1) is 0 Å². The highest BCUT2D eigenvalue weighted by molar-refractivity contribution is 7.99. The molecule has 2 aromatic carbocycles. The topological polar surface area (TPSA) is 48.1 Å². The Labute approximate surface area is 187 Å². The smallest absolute Gasteiger partial charge is 0.268 e. The van der Waals surface area contributed by atoms with Gasteiger partial charge in [-0.05, 0) is 63.1 Å². The lowest BCUT2D eigenvalue weighted by Crippen LogP contribution is -2.39. The lowest BCUT2D eigenvalue weighted by atomic mass is 10.0. The van der Waals surface area contributed by atoms with E-state index in [4.69, 9.17) is 11.6 Å². The number of hydrogen-bond acceptors (Lipinski definition) is 3. The van der Waals surface area contributed by atoms with Gasteiger partial charge in [0.1, 0.15) is 5.69 Å². The van der Waals surface area contributed by atoms with Crippen molar-refractivity contribution in [1.29, 1.82) is 0 Å². The van der Waals surface area contributed by atoms with Crippen molar-refractivity contribution in [2.75, 3.05) is 19.6 Å². The summed E-state index contributed by atoms with van der Waals surface area (Å²) in [5.41, 5.74) is 1.60. The van der Waals surface area contributed by atoms with Crippen molar-refractivity contribution in [1.82, 2.24) is 15.2 Å². The maximum atomic E-state index is 13.0. The van der Waals surface area contributed by atoms with Crippen molar-refractivity contribution < 1.29 is 4.79 Å². The van der Waals surface area contributed by atoms with E-state index in [1.54, 1.807) is 11.8 Å². The van der Waals surface area contributed by atoms with Gasteiger partial charge in [-0.25, -0.2) is 0 Å². The largest absolute Gasteiger partial charge is 0.351 e. The second kappa shape index (κ2) is 9.90. The first kappa shape index (κ1) is 21.3. The van der Waals surface area contributed by atoms with Crippen LogP contribution in [0.1, 0.15) is 43.1 Å². The summed E-state index contributed by atoms with van der Waals surface area (Å²) in [5.74, 6) is -0.0469. The monoisotopic (exact) mass is 441 g/mol. The summed E-state index contributed by atoms with van der Waals surface area (Å²) in [7, 11) is 0. The Kier molecular flexibility index (Phi) is 7.03. The molecule has 1 amide bonds. The average molecular weight is 442 g/mol. The third-order valence-electron chi connectivity index (χ3n) is 5.77. The van der Waals surface area contributed by atoms with E-state index < -0.39 is 0 Å². The second-order valence-electron chi connectivity index (χ2n) is 7.92. The molecule has 0 radical (unpaired) electrons. The summed E-state index contributed by atoms with van der Waals surface area (Å²) < 4.78 is 0. The molecule has 0 bridgehead atoms. The SMILES string of the molecule is C[C@@H]1CCCCN1CCCNC(=O)c1[nH]c2ccccc2c1Sc1ccc(Cl)cc1. The molecule has 6 heteroatoms. The molecule has 4 rings (SSSR count). The van der Waals surface area contributed by atoms with E-state index in [1.807, 2.05) is 42.5 Å². The molecule has 1 aromatic heterocycles. The van der Waals surface area contributed by atoms with Crippen LogP contribution >= 0.6 is 23.4 Å². The highest BCUT2D eigenvalue weighted by atomic mass is 35.5. The number of piperidine rings is 1. The lowest BCUT2D eigenvalue weighted by Gasteiger charge is -2.33. The maximum absolute atomic E-state index is 13.0. The van der Waals surface area contributed by atoms with Crippen LogP contribution in [0.15, 0.2) is 58.3 Å². The Hall–Kier alpha value is -1.95. The average Bonchev–Trinajstić information content (AvgIpc) is 3.12. The van der Waals surface area contributed by atoms with Crippen molar-refractivity contribution in [2.24, 2.45) is 0 Å². The van der Waals surface area contributed by atoms with Gasteiger partial charge in [0.05, 0.1) is 4.90 Å². The molecule has 0 unspecified atom stereocenters. The fraction of sp³-hybridized carbons (Fsp3) is 0.375. The molecule has 0 saturated carbocycles. The molecule has 3 aromatic rings. The molecule has 1 aliphatic rings. The maximum Gasteiger partial charge on any atom is 0.268 e. The number of amides is 1. The van der Waals surface area contributed by atoms with Crippen molar-refractivity contribution in [2.45, 2.75) is 48.4 Å². The molecule has 2 heterocycles. The third-order valence-corrected chi connectivity index (χ3v) is 7.16. The van der Waals surface area contributed by atoms with Crippen LogP contribution in [0.5, 0.6) is 0 Å². The molecular formula is C24H28ClN3OS. The zero-order chi connectivity index (χ0) is 20.9. The van der Waals surface area contributed by atoms with E-state index in [2.05, 4.69) is 28.2 Å². The molecule has 158 valence electrons. The number of aromatic nitrogens is 1. The summed E-state index contributed by atoms with van der Waals surface area (Å²) in [6, 6.07) is 16.4.